The van der Waals surface area contributed by atoms with Gasteiger partial charge in [-0.05, 0) is 62.6 Å². The van der Waals surface area contributed by atoms with Gasteiger partial charge in [0.1, 0.15) is 18.2 Å². The monoisotopic (exact) mass is 287 g/mol. The Kier molecular flexibility index (Phi) is 4.63. The van der Waals surface area contributed by atoms with Gasteiger partial charge in [-0.2, -0.15) is 0 Å². The molecule has 0 bridgehead atoms. The van der Waals surface area contributed by atoms with E-state index < -0.39 is 0 Å². The lowest BCUT2D eigenvalue weighted by molar-refractivity contribution is 0.299. The van der Waals surface area contributed by atoms with Gasteiger partial charge < -0.3 is 10.5 Å². The zero-order valence-corrected chi connectivity index (χ0v) is 13.0. The van der Waals surface area contributed by atoms with E-state index in [2.05, 4.69) is 32.9 Å². The third kappa shape index (κ3) is 3.61. The summed E-state index contributed by atoms with van der Waals surface area (Å²) in [5.74, 6) is 0.350. The minimum atomic E-state index is -0.294. The van der Waals surface area contributed by atoms with Crippen LogP contribution < -0.4 is 10.5 Å². The van der Waals surface area contributed by atoms with Gasteiger partial charge in [-0.25, -0.2) is 4.39 Å². The Bertz CT molecular complexity index is 627. The molecule has 2 aromatic rings. The second-order valence-electron chi connectivity index (χ2n) is 5.64. The quantitative estimate of drug-likeness (QED) is 0.907. The molecule has 2 aromatic carbocycles. The van der Waals surface area contributed by atoms with Crippen molar-refractivity contribution < 1.29 is 9.13 Å². The smallest absolute Gasteiger partial charge is 0.124 e. The molecule has 0 heterocycles. The summed E-state index contributed by atoms with van der Waals surface area (Å²) in [5.41, 5.74) is 11.4. The first-order valence-electron chi connectivity index (χ1n) is 7.13. The molecule has 0 radical (unpaired) electrons. The van der Waals surface area contributed by atoms with Crippen molar-refractivity contribution in [3.8, 4) is 5.75 Å². The van der Waals surface area contributed by atoms with Crippen LogP contribution >= 0.6 is 0 Å². The van der Waals surface area contributed by atoms with Crippen LogP contribution in [-0.2, 0) is 6.61 Å². The second-order valence-corrected chi connectivity index (χ2v) is 5.64. The lowest BCUT2D eigenvalue weighted by Crippen LogP contribution is -2.09. The Morgan fingerprint density at radius 2 is 1.71 bits per heavy atom. The highest BCUT2D eigenvalue weighted by atomic mass is 19.1. The highest BCUT2D eigenvalue weighted by molar-refractivity contribution is 5.39. The Labute approximate surface area is 125 Å². The summed E-state index contributed by atoms with van der Waals surface area (Å²) in [4.78, 5) is 0. The summed E-state index contributed by atoms with van der Waals surface area (Å²) in [6.45, 7) is 8.53. The van der Waals surface area contributed by atoms with E-state index in [4.69, 9.17) is 10.5 Å². The van der Waals surface area contributed by atoms with Crippen molar-refractivity contribution in [2.75, 3.05) is 0 Å². The van der Waals surface area contributed by atoms with Crippen LogP contribution in [0, 0.1) is 26.6 Å². The summed E-state index contributed by atoms with van der Waals surface area (Å²) in [5, 5.41) is 0. The standard InChI is InChI=1S/C18H22FNO/c1-11-7-12(2)17(13(3)8-11)10-21-18-6-5-15(19)9-16(18)14(4)20/h5-9,14H,10,20H2,1-4H3/t14-/m1/s1. The number of rotatable bonds is 4. The molecule has 2 N–H and O–H groups in total. The Balaban J connectivity index is 2.25. The molecule has 3 heteroatoms. The molecule has 2 rings (SSSR count). The van der Waals surface area contributed by atoms with E-state index in [0.717, 1.165) is 0 Å². The number of nitrogens with two attached hydrogens (primary N) is 1. The first kappa shape index (κ1) is 15.5. The molecule has 0 unspecified atom stereocenters. The molecule has 0 saturated heterocycles. The average Bonchev–Trinajstić information content (AvgIpc) is 2.38. The van der Waals surface area contributed by atoms with E-state index in [1.807, 2.05) is 6.92 Å². The van der Waals surface area contributed by atoms with E-state index >= 15 is 0 Å². The first-order valence-corrected chi connectivity index (χ1v) is 7.13. The molecule has 21 heavy (non-hydrogen) atoms. The summed E-state index contributed by atoms with van der Waals surface area (Å²) in [6.07, 6.45) is 0. The number of benzene rings is 2. The predicted molar refractivity (Wildman–Crippen MR) is 84.0 cm³/mol. The second kappa shape index (κ2) is 6.27. The van der Waals surface area contributed by atoms with Crippen LogP contribution in [0.2, 0.25) is 0 Å². The number of ether oxygens (including phenoxy) is 1. The zero-order chi connectivity index (χ0) is 15.6. The molecule has 0 fully saturated rings. The molecule has 0 aromatic heterocycles. The minimum absolute atomic E-state index is 0.268. The maximum atomic E-state index is 13.3. The van der Waals surface area contributed by atoms with Crippen molar-refractivity contribution in [3.63, 3.8) is 0 Å². The van der Waals surface area contributed by atoms with Crippen LogP contribution in [0.1, 0.15) is 40.8 Å². The van der Waals surface area contributed by atoms with Crippen LogP contribution in [0.15, 0.2) is 30.3 Å². The maximum absolute atomic E-state index is 13.3. The van der Waals surface area contributed by atoms with Gasteiger partial charge in [0.15, 0.2) is 0 Å². The van der Waals surface area contributed by atoms with Gasteiger partial charge in [-0.3, -0.25) is 0 Å². The van der Waals surface area contributed by atoms with Crippen LogP contribution in [0.25, 0.3) is 0 Å². The third-order valence-electron chi connectivity index (χ3n) is 3.67. The SMILES string of the molecule is Cc1cc(C)c(COc2ccc(F)cc2[C@@H](C)N)c(C)c1. The minimum Gasteiger partial charge on any atom is -0.489 e. The first-order chi connectivity index (χ1) is 9.88. The van der Waals surface area contributed by atoms with Crippen molar-refractivity contribution in [1.82, 2.24) is 0 Å². The fourth-order valence-electron chi connectivity index (χ4n) is 2.59. The molecule has 2 nitrogen and oxygen atoms in total. The van der Waals surface area contributed by atoms with Gasteiger partial charge in [0.05, 0.1) is 0 Å². The summed E-state index contributed by atoms with van der Waals surface area (Å²) in [7, 11) is 0. The molecule has 0 aliphatic carbocycles. The molecule has 0 aliphatic rings. The molecule has 112 valence electrons. The van der Waals surface area contributed by atoms with Gasteiger partial charge in [0, 0.05) is 11.6 Å². The summed E-state index contributed by atoms with van der Waals surface area (Å²) < 4.78 is 19.2. The molecular weight excluding hydrogens is 265 g/mol. The topological polar surface area (TPSA) is 35.2 Å². The largest absolute Gasteiger partial charge is 0.489 e. The maximum Gasteiger partial charge on any atom is 0.124 e. The van der Waals surface area contributed by atoms with E-state index in [9.17, 15) is 4.39 Å². The van der Waals surface area contributed by atoms with Crippen molar-refractivity contribution in [2.45, 2.75) is 40.3 Å². The normalized spacial score (nSPS) is 12.3. The van der Waals surface area contributed by atoms with Gasteiger partial charge in [-0.1, -0.05) is 17.7 Å². The molecule has 1 atom stereocenters. The molecule has 0 spiro atoms. The number of hydrogen-bond donors (Lipinski definition) is 1. The Hall–Kier alpha value is -1.87. The molecular formula is C18H22FNO. The van der Waals surface area contributed by atoms with E-state index in [0.29, 0.717) is 17.9 Å². The van der Waals surface area contributed by atoms with Crippen LogP contribution in [-0.4, -0.2) is 0 Å². The molecule has 0 saturated carbocycles. The lowest BCUT2D eigenvalue weighted by atomic mass is 10.0. The average molecular weight is 287 g/mol. The fraction of sp³-hybridized carbons (Fsp3) is 0.333. The van der Waals surface area contributed by atoms with Crippen molar-refractivity contribution >= 4 is 0 Å². The van der Waals surface area contributed by atoms with Gasteiger partial charge >= 0.3 is 0 Å². The van der Waals surface area contributed by atoms with Crippen molar-refractivity contribution in [2.24, 2.45) is 5.73 Å². The summed E-state index contributed by atoms with van der Waals surface area (Å²) >= 11 is 0. The van der Waals surface area contributed by atoms with Crippen LogP contribution in [0.5, 0.6) is 5.75 Å². The van der Waals surface area contributed by atoms with Crippen LogP contribution in [0.3, 0.4) is 0 Å². The number of hydrogen-bond acceptors (Lipinski definition) is 2. The summed E-state index contributed by atoms with van der Waals surface area (Å²) in [6, 6.07) is 8.50. The Morgan fingerprint density at radius 3 is 2.29 bits per heavy atom. The zero-order valence-electron chi connectivity index (χ0n) is 13.0. The highest BCUT2D eigenvalue weighted by Gasteiger charge is 2.11. The molecule has 0 aliphatic heterocycles. The fourth-order valence-corrected chi connectivity index (χ4v) is 2.59. The lowest BCUT2D eigenvalue weighted by Gasteiger charge is -2.16. The third-order valence-corrected chi connectivity index (χ3v) is 3.67. The van der Waals surface area contributed by atoms with E-state index in [1.165, 1.54) is 34.4 Å². The van der Waals surface area contributed by atoms with Gasteiger partial charge in [0.2, 0.25) is 0 Å². The molecule has 0 amide bonds. The number of aryl methyl sites for hydroxylation is 3. The Morgan fingerprint density at radius 1 is 1.10 bits per heavy atom. The van der Waals surface area contributed by atoms with Gasteiger partial charge in [0.25, 0.3) is 0 Å². The van der Waals surface area contributed by atoms with E-state index in [1.54, 1.807) is 6.07 Å². The van der Waals surface area contributed by atoms with Crippen LogP contribution in [0.4, 0.5) is 4.39 Å². The predicted octanol–water partition coefficient (Wildman–Crippen LogP) is 4.35. The number of halogens is 1. The van der Waals surface area contributed by atoms with Crippen molar-refractivity contribution in [3.05, 3.63) is 64.0 Å². The van der Waals surface area contributed by atoms with Gasteiger partial charge in [-0.15, -0.1) is 0 Å². The van der Waals surface area contributed by atoms with E-state index in [-0.39, 0.29) is 11.9 Å². The van der Waals surface area contributed by atoms with Crippen molar-refractivity contribution in [1.29, 1.82) is 0 Å². The highest BCUT2D eigenvalue weighted by Crippen LogP contribution is 2.26.